The summed E-state index contributed by atoms with van der Waals surface area (Å²) in [6.07, 6.45) is 3.67. The minimum atomic E-state index is -0.00744. The number of aromatic nitrogens is 3. The molecular formula is C12H16N4OS. The van der Waals surface area contributed by atoms with E-state index in [4.69, 9.17) is 4.74 Å². The van der Waals surface area contributed by atoms with Gasteiger partial charge in [-0.1, -0.05) is 4.49 Å². The van der Waals surface area contributed by atoms with Crippen molar-refractivity contribution in [3.8, 4) is 5.75 Å². The smallest absolute Gasteiger partial charge is 0.138 e. The van der Waals surface area contributed by atoms with Gasteiger partial charge >= 0.3 is 0 Å². The molecule has 0 saturated heterocycles. The Bertz CT molecular complexity index is 487. The molecule has 0 fully saturated rings. The van der Waals surface area contributed by atoms with Gasteiger partial charge in [0.1, 0.15) is 5.75 Å². The van der Waals surface area contributed by atoms with Crippen LogP contribution >= 0.6 is 11.5 Å². The summed E-state index contributed by atoms with van der Waals surface area (Å²) in [5.74, 6) is 0.769. The summed E-state index contributed by atoms with van der Waals surface area (Å²) in [5, 5.41) is 9.23. The number of pyridine rings is 1. The van der Waals surface area contributed by atoms with E-state index in [1.165, 1.54) is 11.5 Å². The van der Waals surface area contributed by atoms with Crippen molar-refractivity contribution in [2.24, 2.45) is 0 Å². The zero-order valence-electron chi connectivity index (χ0n) is 10.6. The van der Waals surface area contributed by atoms with Gasteiger partial charge in [-0.25, -0.2) is 0 Å². The third kappa shape index (κ3) is 3.02. The first-order valence-corrected chi connectivity index (χ1v) is 6.60. The third-order valence-corrected chi connectivity index (χ3v) is 2.92. The lowest BCUT2D eigenvalue weighted by molar-refractivity contribution is 0.241. The predicted octanol–water partition coefficient (Wildman–Crippen LogP) is 2.03. The zero-order valence-corrected chi connectivity index (χ0v) is 11.4. The van der Waals surface area contributed by atoms with E-state index >= 15 is 0 Å². The van der Waals surface area contributed by atoms with Crippen molar-refractivity contribution in [2.45, 2.75) is 26.0 Å². The molecule has 2 rings (SSSR count). The maximum Gasteiger partial charge on any atom is 0.138 e. The third-order valence-electron chi connectivity index (χ3n) is 2.40. The van der Waals surface area contributed by atoms with Crippen molar-refractivity contribution in [1.29, 1.82) is 0 Å². The second-order valence-corrected chi connectivity index (χ2v) is 4.78. The van der Waals surface area contributed by atoms with E-state index in [1.54, 1.807) is 6.20 Å². The van der Waals surface area contributed by atoms with Crippen LogP contribution in [0.25, 0.3) is 0 Å². The first kappa shape index (κ1) is 12.9. The van der Waals surface area contributed by atoms with Crippen LogP contribution in [-0.4, -0.2) is 27.7 Å². The SMILES string of the molecule is CNC(c1cncc(OC(C)C)c1)c1csnn1. The second kappa shape index (κ2) is 5.88. The van der Waals surface area contributed by atoms with Crippen LogP contribution in [0.5, 0.6) is 5.75 Å². The summed E-state index contributed by atoms with van der Waals surface area (Å²) in [4.78, 5) is 4.21. The fourth-order valence-corrected chi connectivity index (χ4v) is 2.19. The van der Waals surface area contributed by atoms with Crippen molar-refractivity contribution < 1.29 is 4.74 Å². The van der Waals surface area contributed by atoms with Crippen molar-refractivity contribution in [2.75, 3.05) is 7.05 Å². The van der Waals surface area contributed by atoms with Gasteiger partial charge in [-0.15, -0.1) is 5.10 Å². The van der Waals surface area contributed by atoms with Crippen LogP contribution in [0, 0.1) is 0 Å². The van der Waals surface area contributed by atoms with Gasteiger partial charge in [-0.3, -0.25) is 4.98 Å². The van der Waals surface area contributed by atoms with Crippen molar-refractivity contribution in [3.05, 3.63) is 35.1 Å². The highest BCUT2D eigenvalue weighted by atomic mass is 32.1. The van der Waals surface area contributed by atoms with Crippen LogP contribution in [0.4, 0.5) is 0 Å². The molecule has 1 unspecified atom stereocenters. The Balaban J connectivity index is 2.26. The molecule has 1 atom stereocenters. The van der Waals surface area contributed by atoms with E-state index < -0.39 is 0 Å². The summed E-state index contributed by atoms with van der Waals surface area (Å²) < 4.78 is 9.53. The highest BCUT2D eigenvalue weighted by Gasteiger charge is 2.15. The predicted molar refractivity (Wildman–Crippen MR) is 70.8 cm³/mol. The first-order valence-electron chi connectivity index (χ1n) is 5.76. The fourth-order valence-electron chi connectivity index (χ4n) is 1.71. The number of rotatable bonds is 5. The monoisotopic (exact) mass is 264 g/mol. The van der Waals surface area contributed by atoms with E-state index in [9.17, 15) is 0 Å². The van der Waals surface area contributed by atoms with Gasteiger partial charge in [-0.05, 0) is 44.1 Å². The quantitative estimate of drug-likeness (QED) is 0.895. The summed E-state index contributed by atoms with van der Waals surface area (Å²) >= 11 is 1.34. The van der Waals surface area contributed by atoms with E-state index in [0.717, 1.165) is 17.0 Å². The normalized spacial score (nSPS) is 12.7. The summed E-state index contributed by atoms with van der Waals surface area (Å²) in [6.45, 7) is 3.99. The average Bonchev–Trinajstić information content (AvgIpc) is 2.83. The molecule has 0 spiro atoms. The molecule has 0 amide bonds. The molecule has 0 aliphatic heterocycles. The molecule has 18 heavy (non-hydrogen) atoms. The number of ether oxygens (including phenoxy) is 1. The van der Waals surface area contributed by atoms with Gasteiger partial charge in [0, 0.05) is 11.6 Å². The Morgan fingerprint density at radius 1 is 1.33 bits per heavy atom. The topological polar surface area (TPSA) is 59.9 Å². The number of nitrogens with one attached hydrogen (secondary N) is 1. The number of hydrogen-bond acceptors (Lipinski definition) is 6. The average molecular weight is 264 g/mol. The van der Waals surface area contributed by atoms with Gasteiger partial charge in [0.25, 0.3) is 0 Å². The molecule has 0 bridgehead atoms. The Labute approximate surface area is 110 Å². The highest BCUT2D eigenvalue weighted by Crippen LogP contribution is 2.23. The Morgan fingerprint density at radius 3 is 2.78 bits per heavy atom. The lowest BCUT2D eigenvalue weighted by Crippen LogP contribution is -2.18. The van der Waals surface area contributed by atoms with Crippen molar-refractivity contribution in [1.82, 2.24) is 19.9 Å². The van der Waals surface area contributed by atoms with E-state index in [1.807, 2.05) is 38.5 Å². The van der Waals surface area contributed by atoms with Crippen LogP contribution < -0.4 is 10.1 Å². The van der Waals surface area contributed by atoms with E-state index in [2.05, 4.69) is 19.9 Å². The van der Waals surface area contributed by atoms with Gasteiger partial charge in [-0.2, -0.15) is 0 Å². The maximum absolute atomic E-state index is 5.64. The molecule has 2 aromatic heterocycles. The van der Waals surface area contributed by atoms with Crippen LogP contribution in [0.15, 0.2) is 23.8 Å². The van der Waals surface area contributed by atoms with Gasteiger partial charge < -0.3 is 10.1 Å². The fraction of sp³-hybridized carbons (Fsp3) is 0.417. The molecule has 1 N–H and O–H groups in total. The maximum atomic E-state index is 5.64. The van der Waals surface area contributed by atoms with E-state index in [-0.39, 0.29) is 12.1 Å². The number of nitrogens with zero attached hydrogens (tertiary/aromatic N) is 3. The molecule has 2 heterocycles. The first-order chi connectivity index (χ1) is 8.70. The van der Waals surface area contributed by atoms with Crippen molar-refractivity contribution in [3.63, 3.8) is 0 Å². The van der Waals surface area contributed by atoms with Crippen LogP contribution in [0.1, 0.15) is 31.1 Å². The van der Waals surface area contributed by atoms with Gasteiger partial charge in [0.15, 0.2) is 0 Å². The Hall–Kier alpha value is -1.53. The molecule has 2 aromatic rings. The molecule has 0 aliphatic carbocycles. The molecule has 0 radical (unpaired) electrons. The van der Waals surface area contributed by atoms with Crippen LogP contribution in [0.3, 0.4) is 0 Å². The molecule has 5 nitrogen and oxygen atoms in total. The number of hydrogen-bond donors (Lipinski definition) is 1. The van der Waals surface area contributed by atoms with Crippen molar-refractivity contribution >= 4 is 11.5 Å². The minimum Gasteiger partial charge on any atom is -0.489 e. The zero-order chi connectivity index (χ0) is 13.0. The Morgan fingerprint density at radius 2 is 2.17 bits per heavy atom. The van der Waals surface area contributed by atoms with Gasteiger partial charge in [0.05, 0.1) is 24.0 Å². The lowest BCUT2D eigenvalue weighted by Gasteiger charge is -2.15. The largest absolute Gasteiger partial charge is 0.489 e. The summed E-state index contributed by atoms with van der Waals surface area (Å²) in [6, 6.07) is 1.97. The van der Waals surface area contributed by atoms with E-state index in [0.29, 0.717) is 0 Å². The molecule has 96 valence electrons. The van der Waals surface area contributed by atoms with Gasteiger partial charge in [0.2, 0.25) is 0 Å². The highest BCUT2D eigenvalue weighted by molar-refractivity contribution is 7.03. The molecular weight excluding hydrogens is 248 g/mol. The summed E-state index contributed by atoms with van der Waals surface area (Å²) in [5.41, 5.74) is 1.91. The molecule has 6 heteroatoms. The second-order valence-electron chi connectivity index (χ2n) is 4.17. The van der Waals surface area contributed by atoms with Crippen LogP contribution in [0.2, 0.25) is 0 Å². The minimum absolute atomic E-state index is 0.00744. The lowest BCUT2D eigenvalue weighted by atomic mass is 10.1. The summed E-state index contributed by atoms with van der Waals surface area (Å²) in [7, 11) is 1.89. The standard InChI is InChI=1S/C12H16N4OS/c1-8(2)17-10-4-9(5-14-6-10)12(13-3)11-7-18-16-15-11/h4-8,12-13H,1-3H3. The molecule has 0 saturated carbocycles. The van der Waals surface area contributed by atoms with Crippen LogP contribution in [-0.2, 0) is 0 Å². The Kier molecular flexibility index (Phi) is 4.22. The molecule has 0 aliphatic rings. The molecule has 0 aromatic carbocycles.